The average molecular weight is 281 g/mol. The van der Waals surface area contributed by atoms with Crippen molar-refractivity contribution >= 4 is 27.2 Å². The van der Waals surface area contributed by atoms with Gasteiger partial charge in [-0.25, -0.2) is 9.97 Å². The van der Waals surface area contributed by atoms with Gasteiger partial charge in [0.25, 0.3) is 0 Å². The zero-order chi connectivity index (χ0) is 13.4. The lowest BCUT2D eigenvalue weighted by Crippen LogP contribution is -1.96. The maximum Gasteiger partial charge on any atom is 0.144 e. The first kappa shape index (κ1) is 11.9. The van der Waals surface area contributed by atoms with Gasteiger partial charge in [0.05, 0.1) is 16.9 Å². The highest BCUT2D eigenvalue weighted by atomic mass is 32.1. The highest BCUT2D eigenvalue weighted by molar-refractivity contribution is 7.19. The Balaban J connectivity index is 1.78. The van der Waals surface area contributed by atoms with Gasteiger partial charge in [0, 0.05) is 11.9 Å². The minimum atomic E-state index is 0.976. The van der Waals surface area contributed by atoms with Gasteiger partial charge >= 0.3 is 0 Å². The summed E-state index contributed by atoms with van der Waals surface area (Å²) >= 11 is 1.73. The zero-order valence-electron chi connectivity index (χ0n) is 11.1. The molecule has 2 aromatic heterocycles. The van der Waals surface area contributed by atoms with Crippen molar-refractivity contribution in [2.24, 2.45) is 0 Å². The lowest BCUT2D eigenvalue weighted by molar-refractivity contribution is 0.775. The second-order valence-corrected chi connectivity index (χ2v) is 6.07. The Morgan fingerprint density at radius 3 is 2.95 bits per heavy atom. The summed E-state index contributed by atoms with van der Waals surface area (Å²) in [5.41, 5.74) is 3.21. The molecule has 0 amide bonds. The van der Waals surface area contributed by atoms with E-state index in [0.717, 1.165) is 29.2 Å². The number of hydrogen-bond acceptors (Lipinski definition) is 4. The van der Waals surface area contributed by atoms with Crippen LogP contribution < -0.4 is 5.32 Å². The van der Waals surface area contributed by atoms with E-state index in [1.54, 1.807) is 11.3 Å². The molecule has 100 valence electrons. The van der Waals surface area contributed by atoms with Crippen LogP contribution in [0.4, 0.5) is 5.00 Å². The van der Waals surface area contributed by atoms with Gasteiger partial charge < -0.3 is 5.32 Å². The molecule has 0 bridgehead atoms. The summed E-state index contributed by atoms with van der Waals surface area (Å²) in [6.07, 6.45) is 3.52. The maximum absolute atomic E-state index is 4.78. The number of anilines is 1. The number of benzene rings is 1. The van der Waals surface area contributed by atoms with Gasteiger partial charge in [-0.15, -0.1) is 0 Å². The molecule has 1 aromatic carbocycles. The monoisotopic (exact) mass is 281 g/mol. The first-order valence-electron chi connectivity index (χ1n) is 7.00. The highest BCUT2D eigenvalue weighted by Gasteiger charge is 2.15. The van der Waals surface area contributed by atoms with Gasteiger partial charge in [0.15, 0.2) is 0 Å². The van der Waals surface area contributed by atoms with E-state index in [-0.39, 0.29) is 0 Å². The quantitative estimate of drug-likeness (QED) is 0.729. The van der Waals surface area contributed by atoms with E-state index in [1.165, 1.54) is 28.9 Å². The second kappa shape index (κ2) is 4.87. The fraction of sp³-hybridized carbons (Fsp3) is 0.250. The predicted octanol–water partition coefficient (Wildman–Crippen LogP) is 4.11. The van der Waals surface area contributed by atoms with Crippen LogP contribution in [0.25, 0.3) is 21.6 Å². The van der Waals surface area contributed by atoms with Crippen molar-refractivity contribution in [2.75, 3.05) is 11.9 Å². The highest BCUT2D eigenvalue weighted by Crippen LogP contribution is 2.34. The molecule has 3 aromatic rings. The van der Waals surface area contributed by atoms with Crippen LogP contribution in [0.3, 0.4) is 0 Å². The number of para-hydroxylation sites is 1. The molecule has 3 heterocycles. The van der Waals surface area contributed by atoms with Crippen LogP contribution in [0, 0.1) is 0 Å². The summed E-state index contributed by atoms with van der Waals surface area (Å²) in [4.78, 5) is 9.51. The molecule has 0 unspecified atom stereocenters. The first-order valence-corrected chi connectivity index (χ1v) is 7.81. The number of aryl methyl sites for hydroxylation is 1. The number of nitrogens with zero attached hydrogens (tertiary/aromatic N) is 2. The van der Waals surface area contributed by atoms with Crippen molar-refractivity contribution in [1.29, 1.82) is 0 Å². The lowest BCUT2D eigenvalue weighted by Gasteiger charge is -2.00. The Labute approximate surface area is 121 Å². The van der Waals surface area contributed by atoms with Crippen LogP contribution in [0.5, 0.6) is 0 Å². The molecule has 0 aliphatic carbocycles. The van der Waals surface area contributed by atoms with Crippen LogP contribution in [0.1, 0.15) is 18.5 Å². The Morgan fingerprint density at radius 2 is 1.95 bits per heavy atom. The van der Waals surface area contributed by atoms with Gasteiger partial charge in [-0.05, 0) is 31.4 Å². The smallest absolute Gasteiger partial charge is 0.144 e. The van der Waals surface area contributed by atoms with Crippen molar-refractivity contribution in [3.05, 3.63) is 42.1 Å². The van der Waals surface area contributed by atoms with Crippen molar-refractivity contribution in [3.8, 4) is 10.7 Å². The molecule has 1 aliphatic rings. The first-order chi connectivity index (χ1) is 9.90. The van der Waals surface area contributed by atoms with Crippen molar-refractivity contribution < 1.29 is 0 Å². The molecule has 0 atom stereocenters. The van der Waals surface area contributed by atoms with E-state index < -0.39 is 0 Å². The van der Waals surface area contributed by atoms with Crippen LogP contribution in [-0.4, -0.2) is 16.5 Å². The number of nitrogens with one attached hydrogen (secondary N) is 1. The zero-order valence-corrected chi connectivity index (χ0v) is 11.9. The fourth-order valence-electron chi connectivity index (χ4n) is 2.57. The number of fused-ring (bicyclic) bond motifs is 2. The lowest BCUT2D eigenvalue weighted by atomic mass is 10.2. The van der Waals surface area contributed by atoms with E-state index in [2.05, 4.69) is 29.6 Å². The molecule has 0 saturated carbocycles. The maximum atomic E-state index is 4.78. The minimum Gasteiger partial charge on any atom is -0.375 e. The Bertz CT molecular complexity index is 740. The van der Waals surface area contributed by atoms with Crippen molar-refractivity contribution in [2.45, 2.75) is 19.3 Å². The molecule has 0 spiro atoms. The van der Waals surface area contributed by atoms with Gasteiger partial charge in [-0.3, -0.25) is 0 Å². The second-order valence-electron chi connectivity index (χ2n) is 5.07. The van der Waals surface area contributed by atoms with Gasteiger partial charge in [0.2, 0.25) is 0 Å². The third kappa shape index (κ3) is 2.06. The van der Waals surface area contributed by atoms with E-state index in [9.17, 15) is 0 Å². The Hall–Kier alpha value is -1.94. The molecule has 1 aliphatic heterocycles. The third-order valence-electron chi connectivity index (χ3n) is 3.64. The van der Waals surface area contributed by atoms with Gasteiger partial charge in [0.1, 0.15) is 10.0 Å². The minimum absolute atomic E-state index is 0.976. The largest absolute Gasteiger partial charge is 0.375 e. The van der Waals surface area contributed by atoms with E-state index in [0.29, 0.717) is 0 Å². The Kier molecular flexibility index (Phi) is 2.89. The number of thiazole rings is 1. The van der Waals surface area contributed by atoms with Crippen LogP contribution >= 0.6 is 11.3 Å². The van der Waals surface area contributed by atoms with Gasteiger partial charge in [-0.2, -0.15) is 0 Å². The molecule has 3 nitrogen and oxygen atoms in total. The SMILES string of the molecule is c1ccc2nc(-c3nc4c(s3)NCCCC4)ccc2c1. The van der Waals surface area contributed by atoms with Gasteiger partial charge in [-0.1, -0.05) is 35.6 Å². The molecule has 0 fully saturated rings. The Morgan fingerprint density at radius 1 is 1.00 bits per heavy atom. The molecule has 4 heteroatoms. The number of hydrogen-bond donors (Lipinski definition) is 1. The summed E-state index contributed by atoms with van der Waals surface area (Å²) in [6.45, 7) is 1.06. The molecule has 0 saturated heterocycles. The molecular weight excluding hydrogens is 266 g/mol. The topological polar surface area (TPSA) is 37.8 Å². The number of pyridine rings is 1. The van der Waals surface area contributed by atoms with Crippen molar-refractivity contribution in [3.63, 3.8) is 0 Å². The van der Waals surface area contributed by atoms with Crippen LogP contribution in [-0.2, 0) is 6.42 Å². The number of rotatable bonds is 1. The van der Waals surface area contributed by atoms with E-state index in [4.69, 9.17) is 9.97 Å². The van der Waals surface area contributed by atoms with Crippen molar-refractivity contribution in [1.82, 2.24) is 9.97 Å². The summed E-state index contributed by atoms with van der Waals surface area (Å²) in [7, 11) is 0. The predicted molar refractivity (Wildman–Crippen MR) is 84.3 cm³/mol. The third-order valence-corrected chi connectivity index (χ3v) is 4.72. The summed E-state index contributed by atoms with van der Waals surface area (Å²) in [6, 6.07) is 12.4. The summed E-state index contributed by atoms with van der Waals surface area (Å²) in [5, 5.41) is 6.91. The van der Waals surface area contributed by atoms with E-state index >= 15 is 0 Å². The van der Waals surface area contributed by atoms with E-state index in [1.807, 2.05) is 12.1 Å². The molecule has 4 rings (SSSR count). The number of aromatic nitrogens is 2. The van der Waals surface area contributed by atoms with Crippen LogP contribution in [0.2, 0.25) is 0 Å². The summed E-state index contributed by atoms with van der Waals surface area (Å²) in [5.74, 6) is 0. The molecule has 0 radical (unpaired) electrons. The molecule has 1 N–H and O–H groups in total. The average Bonchev–Trinajstić information content (AvgIpc) is 2.78. The molecule has 20 heavy (non-hydrogen) atoms. The molecular formula is C16H15N3S. The summed E-state index contributed by atoms with van der Waals surface area (Å²) < 4.78 is 0. The van der Waals surface area contributed by atoms with Crippen LogP contribution in [0.15, 0.2) is 36.4 Å². The standard InChI is InChI=1S/C16H15N3S/c1-2-6-12-11(5-1)8-9-14(18-12)16-19-13-7-3-4-10-17-15(13)20-16/h1-2,5-6,8-9,17H,3-4,7,10H2. The normalized spacial score (nSPS) is 14.6. The fourth-order valence-corrected chi connectivity index (χ4v) is 3.58.